The summed E-state index contributed by atoms with van der Waals surface area (Å²) in [5.41, 5.74) is 8.14. The first kappa shape index (κ1) is 21.1. The first-order valence-corrected chi connectivity index (χ1v) is 10.3. The molecule has 9 heteroatoms. The van der Waals surface area contributed by atoms with Gasteiger partial charge in [-0.3, -0.25) is 9.59 Å². The summed E-state index contributed by atoms with van der Waals surface area (Å²) < 4.78 is 1.72. The number of fused-ring (bicyclic) bond motifs is 1. The molecule has 0 saturated carbocycles. The van der Waals surface area contributed by atoms with Gasteiger partial charge in [0.15, 0.2) is 0 Å². The van der Waals surface area contributed by atoms with Crippen LogP contribution in [0.3, 0.4) is 0 Å². The fraction of sp³-hybridized carbons (Fsp3) is 0.217. The molecule has 1 aliphatic heterocycles. The smallest absolute Gasteiger partial charge is 0.318 e. The van der Waals surface area contributed by atoms with Crippen LogP contribution in [0.4, 0.5) is 10.5 Å². The van der Waals surface area contributed by atoms with Crippen molar-refractivity contribution in [3.05, 3.63) is 78.1 Å². The first-order valence-electron chi connectivity index (χ1n) is 10.3. The van der Waals surface area contributed by atoms with Gasteiger partial charge in [-0.05, 0) is 48.9 Å². The Morgan fingerprint density at radius 1 is 1.09 bits per heavy atom. The highest BCUT2D eigenvalue weighted by atomic mass is 16.2. The third-order valence-corrected chi connectivity index (χ3v) is 5.41. The van der Waals surface area contributed by atoms with E-state index in [2.05, 4.69) is 10.4 Å². The Balaban J connectivity index is 1.60. The quantitative estimate of drug-likeness (QED) is 0.656. The number of nitrogens with two attached hydrogens (primary N) is 1. The van der Waals surface area contributed by atoms with Gasteiger partial charge in [-0.2, -0.15) is 5.10 Å². The van der Waals surface area contributed by atoms with Crippen LogP contribution in [0.15, 0.2) is 67.0 Å². The Labute approximate surface area is 185 Å². The normalized spacial score (nSPS) is 15.6. The van der Waals surface area contributed by atoms with E-state index in [-0.39, 0.29) is 18.5 Å². The Kier molecular flexibility index (Phi) is 5.89. The van der Waals surface area contributed by atoms with Gasteiger partial charge in [-0.1, -0.05) is 18.2 Å². The highest BCUT2D eigenvalue weighted by Gasteiger charge is 2.31. The molecule has 3 aromatic rings. The van der Waals surface area contributed by atoms with Crippen LogP contribution in [0.25, 0.3) is 5.69 Å². The number of amides is 4. The lowest BCUT2D eigenvalue weighted by Gasteiger charge is -2.29. The van der Waals surface area contributed by atoms with Crippen molar-refractivity contribution in [1.82, 2.24) is 20.0 Å². The molecule has 1 atom stereocenters. The molecule has 0 aliphatic carbocycles. The van der Waals surface area contributed by atoms with Crippen molar-refractivity contribution >= 4 is 23.5 Å². The van der Waals surface area contributed by atoms with Crippen molar-refractivity contribution in [2.75, 3.05) is 18.0 Å². The lowest BCUT2D eigenvalue weighted by atomic mass is 10.1. The molecule has 4 amide bonds. The van der Waals surface area contributed by atoms with Crippen LogP contribution < -0.4 is 16.0 Å². The molecule has 32 heavy (non-hydrogen) atoms. The number of benzene rings is 2. The van der Waals surface area contributed by atoms with Crippen molar-refractivity contribution in [3.63, 3.8) is 0 Å². The average molecular weight is 432 g/mol. The summed E-state index contributed by atoms with van der Waals surface area (Å²) in [7, 11) is 0. The van der Waals surface area contributed by atoms with Gasteiger partial charge in [0.25, 0.3) is 5.91 Å². The first-order chi connectivity index (χ1) is 15.4. The summed E-state index contributed by atoms with van der Waals surface area (Å²) >= 11 is 0. The SMILES string of the molecule is C[C@@H]1CN(C(=O)c2ccc(-n3cccn3)cc2)c2ccccc2CN1C(=O)NCC(N)=O. The van der Waals surface area contributed by atoms with E-state index in [1.165, 1.54) is 0 Å². The van der Waals surface area contributed by atoms with Crippen molar-refractivity contribution in [2.45, 2.75) is 19.5 Å². The number of primary amides is 1. The molecule has 3 N–H and O–H groups in total. The highest BCUT2D eigenvalue weighted by molar-refractivity contribution is 6.06. The fourth-order valence-corrected chi connectivity index (χ4v) is 3.77. The molecule has 0 bridgehead atoms. The van der Waals surface area contributed by atoms with Gasteiger partial charge in [0.1, 0.15) is 0 Å². The average Bonchev–Trinajstić information content (AvgIpc) is 3.29. The Bertz CT molecular complexity index is 1130. The minimum atomic E-state index is -0.614. The summed E-state index contributed by atoms with van der Waals surface area (Å²) in [6.45, 7) is 2.25. The number of anilines is 1. The van der Waals surface area contributed by atoms with Gasteiger partial charge in [-0.25, -0.2) is 9.48 Å². The minimum Gasteiger partial charge on any atom is -0.368 e. The van der Waals surface area contributed by atoms with Crippen LogP contribution in [0, 0.1) is 0 Å². The fourth-order valence-electron chi connectivity index (χ4n) is 3.77. The number of hydrogen-bond donors (Lipinski definition) is 2. The van der Waals surface area contributed by atoms with Crippen LogP contribution in [0.1, 0.15) is 22.8 Å². The third kappa shape index (κ3) is 4.31. The molecule has 164 valence electrons. The maximum atomic E-state index is 13.5. The number of carbonyl (C=O) groups excluding carboxylic acids is 3. The molecule has 0 fully saturated rings. The largest absolute Gasteiger partial charge is 0.368 e. The molecule has 2 heterocycles. The molecule has 1 aliphatic rings. The topological polar surface area (TPSA) is 114 Å². The number of para-hydroxylation sites is 1. The number of carbonyl (C=O) groups is 3. The van der Waals surface area contributed by atoms with Gasteiger partial charge >= 0.3 is 6.03 Å². The maximum Gasteiger partial charge on any atom is 0.318 e. The van der Waals surface area contributed by atoms with Gasteiger partial charge in [-0.15, -0.1) is 0 Å². The van der Waals surface area contributed by atoms with Crippen LogP contribution >= 0.6 is 0 Å². The van der Waals surface area contributed by atoms with Gasteiger partial charge in [0, 0.05) is 42.8 Å². The number of rotatable bonds is 4. The summed E-state index contributed by atoms with van der Waals surface area (Å²) in [6, 6.07) is 15.9. The maximum absolute atomic E-state index is 13.5. The van der Waals surface area contributed by atoms with E-state index in [0.29, 0.717) is 18.7 Å². The second-order valence-electron chi connectivity index (χ2n) is 7.64. The molecule has 4 rings (SSSR count). The number of nitrogens with one attached hydrogen (secondary N) is 1. The predicted octanol–water partition coefficient (Wildman–Crippen LogP) is 1.92. The van der Waals surface area contributed by atoms with E-state index in [0.717, 1.165) is 16.9 Å². The molecule has 0 saturated heterocycles. The third-order valence-electron chi connectivity index (χ3n) is 5.41. The lowest BCUT2D eigenvalue weighted by Crippen LogP contribution is -2.49. The second-order valence-corrected chi connectivity index (χ2v) is 7.64. The van der Waals surface area contributed by atoms with Crippen molar-refractivity contribution in [2.24, 2.45) is 5.73 Å². The lowest BCUT2D eigenvalue weighted by molar-refractivity contribution is -0.117. The van der Waals surface area contributed by atoms with Gasteiger partial charge < -0.3 is 20.9 Å². The number of urea groups is 1. The molecule has 0 spiro atoms. The molecule has 2 aromatic carbocycles. The van der Waals surface area contributed by atoms with E-state index in [9.17, 15) is 14.4 Å². The van der Waals surface area contributed by atoms with Crippen molar-refractivity contribution < 1.29 is 14.4 Å². The molecule has 1 aromatic heterocycles. The van der Waals surface area contributed by atoms with E-state index in [1.807, 2.05) is 55.6 Å². The molecule has 0 unspecified atom stereocenters. The summed E-state index contributed by atoms with van der Waals surface area (Å²) in [5, 5.41) is 6.74. The van der Waals surface area contributed by atoms with E-state index in [1.54, 1.807) is 32.8 Å². The Morgan fingerprint density at radius 3 is 2.53 bits per heavy atom. The monoisotopic (exact) mass is 432 g/mol. The summed E-state index contributed by atoms with van der Waals surface area (Å²) in [4.78, 5) is 40.5. The summed E-state index contributed by atoms with van der Waals surface area (Å²) in [5.74, 6) is -0.771. The van der Waals surface area contributed by atoms with Crippen LogP contribution in [-0.4, -0.2) is 51.7 Å². The minimum absolute atomic E-state index is 0.157. The zero-order valence-corrected chi connectivity index (χ0v) is 17.6. The van der Waals surface area contributed by atoms with Gasteiger partial charge in [0.2, 0.25) is 5.91 Å². The van der Waals surface area contributed by atoms with Crippen LogP contribution in [0.5, 0.6) is 0 Å². The Morgan fingerprint density at radius 2 is 1.84 bits per heavy atom. The van der Waals surface area contributed by atoms with Crippen LogP contribution in [0.2, 0.25) is 0 Å². The highest BCUT2D eigenvalue weighted by Crippen LogP contribution is 2.29. The van der Waals surface area contributed by atoms with Crippen LogP contribution in [-0.2, 0) is 11.3 Å². The van der Waals surface area contributed by atoms with Gasteiger partial charge in [0.05, 0.1) is 12.2 Å². The van der Waals surface area contributed by atoms with E-state index in [4.69, 9.17) is 5.73 Å². The predicted molar refractivity (Wildman–Crippen MR) is 119 cm³/mol. The number of hydrogen-bond acceptors (Lipinski definition) is 4. The van der Waals surface area contributed by atoms with Crippen molar-refractivity contribution in [3.8, 4) is 5.69 Å². The molecule has 0 radical (unpaired) electrons. The van der Waals surface area contributed by atoms with E-state index < -0.39 is 11.9 Å². The summed E-state index contributed by atoms with van der Waals surface area (Å²) in [6.07, 6.45) is 3.53. The standard InChI is InChI=1S/C23H24N6O3/c1-16-14-28(22(31)17-7-9-19(10-8-17)29-12-4-11-26-29)20-6-3-2-5-18(20)15-27(16)23(32)25-13-21(24)30/h2-12,16H,13-15H2,1H3,(H2,24,30)(H,25,32)/t16-/m1/s1. The number of nitrogens with zero attached hydrogens (tertiary/aromatic N) is 4. The zero-order valence-electron chi connectivity index (χ0n) is 17.6. The second kappa shape index (κ2) is 8.93. The molecular weight excluding hydrogens is 408 g/mol. The van der Waals surface area contributed by atoms with E-state index >= 15 is 0 Å². The molecule has 9 nitrogen and oxygen atoms in total. The number of aromatic nitrogens is 2. The Hall–Kier alpha value is -4.14. The zero-order chi connectivity index (χ0) is 22.7. The molecular formula is C23H24N6O3. The van der Waals surface area contributed by atoms with Crippen molar-refractivity contribution in [1.29, 1.82) is 0 Å².